The minimum Gasteiger partial charge on any atom is -0.310 e. The molecule has 0 aromatic heterocycles. The van der Waals surface area contributed by atoms with Crippen molar-refractivity contribution in [3.05, 3.63) is 234 Å². The Morgan fingerprint density at radius 2 is 0.914 bits per heavy atom. The van der Waals surface area contributed by atoms with Gasteiger partial charge in [-0.3, -0.25) is 0 Å². The van der Waals surface area contributed by atoms with Gasteiger partial charge in [0.05, 0.1) is 11.1 Å². The average Bonchev–Trinajstić information content (AvgIpc) is 3.76. The molecule has 0 bridgehead atoms. The first-order valence-corrected chi connectivity index (χ1v) is 20.8. The van der Waals surface area contributed by atoms with E-state index in [-0.39, 0.29) is 0 Å². The van der Waals surface area contributed by atoms with Gasteiger partial charge in [-0.1, -0.05) is 164 Å². The van der Waals surface area contributed by atoms with Crippen molar-refractivity contribution in [3.8, 4) is 44.5 Å². The second-order valence-corrected chi connectivity index (χ2v) is 16.2. The number of anilines is 3. The third-order valence-corrected chi connectivity index (χ3v) is 13.3. The monoisotopic (exact) mass is 739 g/mol. The first-order chi connectivity index (χ1) is 28.8. The van der Waals surface area contributed by atoms with Gasteiger partial charge in [-0.25, -0.2) is 0 Å². The summed E-state index contributed by atoms with van der Waals surface area (Å²) in [6, 6.07) is 75.2. The van der Waals surface area contributed by atoms with Crippen LogP contribution in [0.25, 0.3) is 55.3 Å². The molecular weight excluding hydrogens is 699 g/mol. The van der Waals surface area contributed by atoms with E-state index in [1.165, 1.54) is 107 Å². The molecule has 58 heavy (non-hydrogen) atoms. The summed E-state index contributed by atoms with van der Waals surface area (Å²) in [6.45, 7) is 0. The van der Waals surface area contributed by atoms with Crippen molar-refractivity contribution >= 4 is 27.8 Å². The van der Waals surface area contributed by atoms with Gasteiger partial charge in [0.25, 0.3) is 0 Å². The van der Waals surface area contributed by atoms with E-state index in [0.29, 0.717) is 0 Å². The summed E-state index contributed by atoms with van der Waals surface area (Å²) >= 11 is 0. The van der Waals surface area contributed by atoms with E-state index in [1.54, 1.807) is 0 Å². The van der Waals surface area contributed by atoms with Gasteiger partial charge in [0.2, 0.25) is 0 Å². The van der Waals surface area contributed by atoms with Gasteiger partial charge in [-0.15, -0.1) is 0 Å². The Bertz CT molecular complexity index is 3010. The topological polar surface area (TPSA) is 3.24 Å². The van der Waals surface area contributed by atoms with Crippen LogP contribution in [-0.4, -0.2) is 0 Å². The molecule has 3 aliphatic carbocycles. The molecule has 0 fully saturated rings. The van der Waals surface area contributed by atoms with E-state index in [2.05, 4.69) is 205 Å². The second-order valence-electron chi connectivity index (χ2n) is 16.2. The van der Waals surface area contributed by atoms with Crippen LogP contribution in [0.5, 0.6) is 0 Å². The lowest BCUT2D eigenvalue weighted by molar-refractivity contribution is 0.687. The van der Waals surface area contributed by atoms with Crippen LogP contribution in [0.3, 0.4) is 0 Å². The fourth-order valence-corrected chi connectivity index (χ4v) is 10.8. The zero-order chi connectivity index (χ0) is 38.2. The van der Waals surface area contributed by atoms with Crippen molar-refractivity contribution in [1.82, 2.24) is 0 Å². The number of aryl methyl sites for hydroxylation is 1. The fourth-order valence-electron chi connectivity index (χ4n) is 10.8. The van der Waals surface area contributed by atoms with Crippen molar-refractivity contribution in [3.63, 3.8) is 0 Å². The molecule has 1 nitrogen and oxygen atoms in total. The highest BCUT2D eigenvalue weighted by atomic mass is 15.1. The van der Waals surface area contributed by atoms with E-state index < -0.39 is 5.41 Å². The van der Waals surface area contributed by atoms with Gasteiger partial charge in [0.15, 0.2) is 0 Å². The van der Waals surface area contributed by atoms with E-state index >= 15 is 0 Å². The molecule has 12 rings (SSSR count). The summed E-state index contributed by atoms with van der Waals surface area (Å²) in [5.74, 6) is 0. The van der Waals surface area contributed by atoms with E-state index in [4.69, 9.17) is 0 Å². The molecule has 9 aromatic rings. The molecule has 3 aliphatic rings. The van der Waals surface area contributed by atoms with Crippen molar-refractivity contribution in [2.24, 2.45) is 0 Å². The first kappa shape index (κ1) is 33.2. The van der Waals surface area contributed by atoms with Crippen LogP contribution in [0.4, 0.5) is 17.1 Å². The summed E-state index contributed by atoms with van der Waals surface area (Å²) in [7, 11) is 0. The minimum absolute atomic E-state index is 0.441. The van der Waals surface area contributed by atoms with Gasteiger partial charge >= 0.3 is 0 Å². The molecule has 0 unspecified atom stereocenters. The molecular formula is C57H41N. The molecule has 274 valence electrons. The summed E-state index contributed by atoms with van der Waals surface area (Å²) in [5, 5.41) is 2.53. The molecule has 0 aliphatic heterocycles. The normalized spacial score (nSPS) is 14.1. The maximum absolute atomic E-state index is 2.58. The molecule has 9 aromatic carbocycles. The van der Waals surface area contributed by atoms with Crippen LogP contribution in [0.15, 0.2) is 200 Å². The third kappa shape index (κ3) is 4.77. The summed E-state index contributed by atoms with van der Waals surface area (Å²) in [6.07, 6.45) is 4.72. The predicted octanol–water partition coefficient (Wildman–Crippen LogP) is 14.9. The Morgan fingerprint density at radius 1 is 0.362 bits per heavy atom. The van der Waals surface area contributed by atoms with Crippen molar-refractivity contribution in [2.45, 2.75) is 31.1 Å². The number of fused-ring (bicyclic) bond motifs is 12. The summed E-state index contributed by atoms with van der Waals surface area (Å²) < 4.78 is 0. The molecule has 0 saturated heterocycles. The highest BCUT2D eigenvalue weighted by Gasteiger charge is 2.52. The van der Waals surface area contributed by atoms with Crippen LogP contribution in [0.2, 0.25) is 0 Å². The fraction of sp³-hybridized carbons (Fsp3) is 0.0877. The third-order valence-electron chi connectivity index (χ3n) is 13.3. The van der Waals surface area contributed by atoms with Crippen LogP contribution in [-0.2, 0) is 18.3 Å². The lowest BCUT2D eigenvalue weighted by Crippen LogP contribution is -2.26. The molecule has 1 spiro atoms. The Hall–Kier alpha value is -6.96. The Morgan fingerprint density at radius 3 is 1.66 bits per heavy atom. The summed E-state index contributed by atoms with van der Waals surface area (Å²) in [4.78, 5) is 2.52. The van der Waals surface area contributed by atoms with Gasteiger partial charge in [-0.05, 0) is 145 Å². The summed E-state index contributed by atoms with van der Waals surface area (Å²) in [5.41, 5.74) is 21.9. The van der Waals surface area contributed by atoms with Crippen LogP contribution in [0, 0.1) is 0 Å². The molecule has 0 heterocycles. The number of para-hydroxylation sites is 1. The number of hydrogen-bond acceptors (Lipinski definition) is 1. The zero-order valence-corrected chi connectivity index (χ0v) is 32.3. The molecule has 0 amide bonds. The Labute approximate surface area is 340 Å². The lowest BCUT2D eigenvalue weighted by Gasteiger charge is -2.34. The number of hydrogen-bond donors (Lipinski definition) is 0. The quantitative estimate of drug-likeness (QED) is 0.170. The average molecular weight is 740 g/mol. The SMILES string of the molecule is c1ccc(N(c2ccc(-c3cccc4ccccc34)cc2)c2cc3c(cc2-c2cccc4c2CCCC4)-c2ccccc2C32c3ccccc3-c3ccccc32)cc1. The van der Waals surface area contributed by atoms with E-state index in [1.807, 2.05) is 0 Å². The molecule has 0 saturated carbocycles. The van der Waals surface area contributed by atoms with Crippen LogP contribution in [0.1, 0.15) is 46.2 Å². The van der Waals surface area contributed by atoms with Crippen LogP contribution < -0.4 is 4.90 Å². The number of benzene rings is 9. The number of nitrogens with zero attached hydrogens (tertiary/aromatic N) is 1. The largest absolute Gasteiger partial charge is 0.310 e. The van der Waals surface area contributed by atoms with Gasteiger partial charge in [0.1, 0.15) is 0 Å². The van der Waals surface area contributed by atoms with E-state index in [9.17, 15) is 0 Å². The maximum atomic E-state index is 2.58. The highest BCUT2D eigenvalue weighted by Crippen LogP contribution is 2.64. The predicted molar refractivity (Wildman–Crippen MR) is 242 cm³/mol. The van der Waals surface area contributed by atoms with Crippen LogP contribution >= 0.6 is 0 Å². The van der Waals surface area contributed by atoms with E-state index in [0.717, 1.165) is 24.2 Å². The first-order valence-electron chi connectivity index (χ1n) is 20.8. The van der Waals surface area contributed by atoms with Gasteiger partial charge in [0, 0.05) is 16.9 Å². The molecule has 0 N–H and O–H groups in total. The lowest BCUT2D eigenvalue weighted by atomic mass is 9.70. The second kappa shape index (κ2) is 13.0. The standard InChI is InChI=1S/C57H41N/c1-2-20-41(21-3-1)58(42-34-32-40(33-35-42)44-27-14-18-38-16-4-6-22-43(38)44)56-37-55-50(36-51(56)46-28-15-19-39-17-5-7-23-45(39)46)49-26-10-13-31-54(49)57(55)52-29-11-8-24-47(52)48-25-9-12-30-53(48)57/h1-4,6,8-16,18-22,24-37H,5,7,17,23H2. The van der Waals surface area contributed by atoms with Crippen molar-refractivity contribution in [1.29, 1.82) is 0 Å². The smallest absolute Gasteiger partial charge is 0.0726 e. The zero-order valence-electron chi connectivity index (χ0n) is 32.3. The highest BCUT2D eigenvalue weighted by molar-refractivity contribution is 6.01. The molecule has 0 atom stereocenters. The maximum Gasteiger partial charge on any atom is 0.0726 e. The van der Waals surface area contributed by atoms with Crippen molar-refractivity contribution < 1.29 is 0 Å². The Kier molecular flexibility index (Phi) is 7.47. The number of rotatable bonds is 5. The molecule has 1 heteroatoms. The minimum atomic E-state index is -0.441. The Balaban J connectivity index is 1.16. The van der Waals surface area contributed by atoms with Gasteiger partial charge in [-0.2, -0.15) is 0 Å². The molecule has 0 radical (unpaired) electrons. The van der Waals surface area contributed by atoms with Gasteiger partial charge < -0.3 is 4.90 Å². The van der Waals surface area contributed by atoms with Crippen molar-refractivity contribution in [2.75, 3.05) is 4.90 Å².